The van der Waals surface area contributed by atoms with Crippen molar-refractivity contribution >= 4 is 20.0 Å². The average molecular weight is 679 g/mol. The van der Waals surface area contributed by atoms with E-state index in [0.29, 0.717) is 24.3 Å². The van der Waals surface area contributed by atoms with Crippen molar-refractivity contribution in [2.45, 2.75) is 75.1 Å². The van der Waals surface area contributed by atoms with E-state index in [9.17, 15) is 27.0 Å². The summed E-state index contributed by atoms with van der Waals surface area (Å²) in [7, 11) is -4.46. The number of aliphatic hydroxyl groups is 2. The van der Waals surface area contributed by atoms with Gasteiger partial charge in [-0.3, -0.25) is 9.36 Å². The Balaban J connectivity index is 0.000000344. The van der Waals surface area contributed by atoms with Gasteiger partial charge in [0.15, 0.2) is 10.1 Å². The summed E-state index contributed by atoms with van der Waals surface area (Å²) < 4.78 is 63.3. The Bertz CT molecular complexity index is 1670. The lowest BCUT2D eigenvalue weighted by Crippen LogP contribution is -2.31. The van der Waals surface area contributed by atoms with Crippen molar-refractivity contribution < 1.29 is 36.5 Å². The number of primary sulfonamides is 1. The summed E-state index contributed by atoms with van der Waals surface area (Å²) in [5.41, 5.74) is 1.65. The lowest BCUT2D eigenvalue weighted by atomic mass is 10.2. The molecule has 2 aromatic heterocycles. The molecule has 16 heteroatoms. The molecule has 0 aliphatic heterocycles. The number of aliphatic hydroxyl groups excluding tert-OH is 2. The number of ether oxygens (including phenoxy) is 2. The summed E-state index contributed by atoms with van der Waals surface area (Å²) in [5.74, 6) is 1.40. The number of methoxy groups -OCH3 is 2. The lowest BCUT2D eigenvalue weighted by molar-refractivity contribution is 0.144. The fourth-order valence-electron chi connectivity index (χ4n) is 4.10. The molecule has 0 saturated heterocycles. The number of rotatable bonds is 15. The van der Waals surface area contributed by atoms with Crippen LogP contribution in [0, 0.1) is 0 Å². The van der Waals surface area contributed by atoms with Gasteiger partial charge in [0.05, 0.1) is 39.5 Å². The van der Waals surface area contributed by atoms with Gasteiger partial charge in [-0.1, -0.05) is 38.1 Å². The number of hydrogen-bond donors (Lipinski definition) is 3. The smallest absolute Gasteiger partial charge is 0.262 e. The monoisotopic (exact) mass is 678 g/mol. The van der Waals surface area contributed by atoms with Crippen LogP contribution in [0.15, 0.2) is 83.1 Å². The molecule has 0 fully saturated rings. The Labute approximate surface area is 270 Å². The second kappa shape index (κ2) is 16.7. The van der Waals surface area contributed by atoms with Crippen LogP contribution in [0.3, 0.4) is 0 Å². The first kappa shape index (κ1) is 36.7. The van der Waals surface area contributed by atoms with Crippen LogP contribution in [0.25, 0.3) is 0 Å². The molecule has 0 aliphatic rings. The van der Waals surface area contributed by atoms with Crippen LogP contribution < -0.4 is 14.6 Å². The van der Waals surface area contributed by atoms with Crippen LogP contribution in [0.5, 0.6) is 11.5 Å². The van der Waals surface area contributed by atoms with Gasteiger partial charge in [0.25, 0.3) is 20.0 Å². The molecule has 0 radical (unpaired) electrons. The Morgan fingerprint density at radius 1 is 0.717 bits per heavy atom. The van der Waals surface area contributed by atoms with E-state index in [0.717, 1.165) is 11.1 Å². The topological polar surface area (TPSA) is 192 Å². The van der Waals surface area contributed by atoms with Gasteiger partial charge < -0.3 is 19.7 Å². The molecule has 14 nitrogen and oxygen atoms in total. The largest absolute Gasteiger partial charge is 0.497 e. The second-order valence-corrected chi connectivity index (χ2v) is 13.8. The molecule has 0 bridgehead atoms. The first-order valence-electron chi connectivity index (χ1n) is 14.5. The number of nitrogens with zero attached hydrogens (tertiary/aromatic N) is 5. The van der Waals surface area contributed by atoms with Crippen molar-refractivity contribution in [2.24, 2.45) is 5.14 Å². The third kappa shape index (κ3) is 10.6. The average Bonchev–Trinajstić information content (AvgIpc) is 3.72. The lowest BCUT2D eigenvalue weighted by Gasteiger charge is -2.21. The number of benzene rings is 2. The van der Waals surface area contributed by atoms with Gasteiger partial charge >= 0.3 is 0 Å². The molecule has 4 N–H and O–H groups in total. The maximum Gasteiger partial charge on any atom is 0.262 e. The minimum absolute atomic E-state index is 0.0529. The van der Waals surface area contributed by atoms with Crippen LogP contribution >= 0.6 is 0 Å². The normalized spacial score (nSPS) is 13.1. The zero-order chi connectivity index (χ0) is 33.9. The van der Waals surface area contributed by atoms with E-state index in [1.54, 1.807) is 44.7 Å². The summed E-state index contributed by atoms with van der Waals surface area (Å²) in [6.07, 6.45) is 3.08. The van der Waals surface area contributed by atoms with E-state index in [2.05, 4.69) is 10.2 Å². The molecule has 46 heavy (non-hydrogen) atoms. The van der Waals surface area contributed by atoms with Gasteiger partial charge in [-0.2, -0.15) is 14.5 Å². The fraction of sp³-hybridized carbons (Fsp3) is 0.400. The highest BCUT2D eigenvalue weighted by Gasteiger charge is 2.28. The minimum Gasteiger partial charge on any atom is -0.497 e. The third-order valence-corrected chi connectivity index (χ3v) is 9.39. The van der Waals surface area contributed by atoms with Gasteiger partial charge in [-0.25, -0.2) is 22.0 Å². The van der Waals surface area contributed by atoms with Crippen molar-refractivity contribution in [3.05, 3.63) is 84.2 Å². The van der Waals surface area contributed by atoms with Gasteiger partial charge in [0.2, 0.25) is 0 Å². The molecule has 0 saturated carbocycles. The molecule has 4 aromatic rings. The van der Waals surface area contributed by atoms with Gasteiger partial charge in [0.1, 0.15) is 11.5 Å². The predicted octanol–water partition coefficient (Wildman–Crippen LogP) is 2.36. The molecule has 252 valence electrons. The fourth-order valence-corrected chi connectivity index (χ4v) is 5.91. The zero-order valence-electron chi connectivity index (χ0n) is 26.3. The van der Waals surface area contributed by atoms with Crippen molar-refractivity contribution in [3.63, 3.8) is 0 Å². The van der Waals surface area contributed by atoms with E-state index >= 15 is 0 Å². The van der Waals surface area contributed by atoms with E-state index in [1.165, 1.54) is 32.0 Å². The molecule has 2 aromatic carbocycles. The first-order valence-corrected chi connectivity index (χ1v) is 17.5. The van der Waals surface area contributed by atoms with Crippen molar-refractivity contribution in [3.8, 4) is 11.5 Å². The SMILES string of the molecule is CC[C@@H](O)Cn1ccc(S(=O)(=O)N(Cc2ccc(OC)cc2)Cc2ccc(OC)cc2)n1.CC[C@@H](O)Cn1ccc(S(N)(=O)=O)n1. The Morgan fingerprint density at radius 3 is 1.46 bits per heavy atom. The van der Waals surface area contributed by atoms with Gasteiger partial charge in [-0.15, -0.1) is 0 Å². The molecule has 0 unspecified atom stereocenters. The highest BCUT2D eigenvalue weighted by Crippen LogP contribution is 2.22. The molecule has 4 rings (SSSR count). The Kier molecular flexibility index (Phi) is 13.3. The number of sulfonamides is 2. The molecule has 2 atom stereocenters. The van der Waals surface area contributed by atoms with Crippen molar-refractivity contribution in [2.75, 3.05) is 14.2 Å². The molecule has 0 amide bonds. The summed E-state index contributed by atoms with van der Waals surface area (Å²) in [6.45, 7) is 4.53. The summed E-state index contributed by atoms with van der Waals surface area (Å²) in [5, 5.41) is 31.7. The van der Waals surface area contributed by atoms with Crippen LogP contribution in [0.2, 0.25) is 0 Å². The number of aromatic nitrogens is 4. The minimum atomic E-state index is -3.89. The van der Waals surface area contributed by atoms with Crippen molar-refractivity contribution in [1.29, 1.82) is 0 Å². The zero-order valence-corrected chi connectivity index (χ0v) is 27.9. The quantitative estimate of drug-likeness (QED) is 0.168. The molecule has 2 heterocycles. The highest BCUT2D eigenvalue weighted by molar-refractivity contribution is 7.89. The maximum absolute atomic E-state index is 13.5. The first-order chi connectivity index (χ1) is 21.8. The molecule has 0 aliphatic carbocycles. The highest BCUT2D eigenvalue weighted by atomic mass is 32.2. The van der Waals surface area contributed by atoms with Crippen LogP contribution in [0.1, 0.15) is 37.8 Å². The van der Waals surface area contributed by atoms with Crippen LogP contribution in [-0.4, -0.2) is 77.3 Å². The summed E-state index contributed by atoms with van der Waals surface area (Å²) in [4.78, 5) is 0. The Morgan fingerprint density at radius 2 is 1.11 bits per heavy atom. The Hall–Kier alpha value is -3.80. The summed E-state index contributed by atoms with van der Waals surface area (Å²) in [6, 6.07) is 17.3. The van der Waals surface area contributed by atoms with E-state index in [4.69, 9.17) is 14.6 Å². The van der Waals surface area contributed by atoms with Gasteiger partial charge in [0, 0.05) is 25.5 Å². The van der Waals surface area contributed by atoms with Crippen molar-refractivity contribution in [1.82, 2.24) is 23.9 Å². The number of hydrogen-bond acceptors (Lipinski definition) is 10. The van der Waals surface area contributed by atoms with Crippen LogP contribution in [0.4, 0.5) is 0 Å². The second-order valence-electron chi connectivity index (χ2n) is 10.4. The third-order valence-electron chi connectivity index (χ3n) is 6.90. The standard InChI is InChI=1S/C23H29N3O5S.C7H13N3O3S/c1-4-20(27)17-25-14-13-23(24-25)32(28,29)26(15-18-5-9-21(30-2)10-6-18)16-19-7-11-22(31-3)12-8-19;1-2-6(11)5-10-4-3-7(9-10)14(8,12)13/h5-14,20,27H,4,15-17H2,1-3H3;3-4,6,11H,2,5H2,1H3,(H2,8,12,13)/t20-;6-/m11/s1. The van der Waals surface area contributed by atoms with E-state index in [1.807, 2.05) is 38.1 Å². The summed E-state index contributed by atoms with van der Waals surface area (Å²) >= 11 is 0. The van der Waals surface area contributed by atoms with E-state index < -0.39 is 32.3 Å². The molecule has 0 spiro atoms. The maximum atomic E-state index is 13.5. The predicted molar refractivity (Wildman–Crippen MR) is 171 cm³/mol. The van der Waals surface area contributed by atoms with E-state index in [-0.39, 0.29) is 36.2 Å². The molecular weight excluding hydrogens is 636 g/mol. The van der Waals surface area contributed by atoms with Gasteiger partial charge in [-0.05, 0) is 60.4 Å². The number of nitrogens with two attached hydrogens (primary N) is 1. The molecular formula is C30H42N6O8S2. The van der Waals surface area contributed by atoms with Crippen LogP contribution in [-0.2, 0) is 46.2 Å².